The van der Waals surface area contributed by atoms with Crippen LogP contribution in [0.3, 0.4) is 0 Å². The van der Waals surface area contributed by atoms with E-state index in [0.717, 1.165) is 41.5 Å². The van der Waals surface area contributed by atoms with Crippen LogP contribution in [0.4, 0.5) is 0 Å². The fourth-order valence-corrected chi connectivity index (χ4v) is 4.11. The van der Waals surface area contributed by atoms with Gasteiger partial charge in [-0.15, -0.1) is 0 Å². The molecule has 0 aromatic heterocycles. The van der Waals surface area contributed by atoms with Gasteiger partial charge in [-0.1, -0.05) is 42.7 Å². The van der Waals surface area contributed by atoms with Crippen molar-refractivity contribution in [1.82, 2.24) is 10.4 Å². The summed E-state index contributed by atoms with van der Waals surface area (Å²) in [7, 11) is 0. The maximum atomic E-state index is 13.4. The lowest BCUT2D eigenvalue weighted by Crippen LogP contribution is -2.56. The molecule has 0 saturated carbocycles. The summed E-state index contributed by atoms with van der Waals surface area (Å²) in [5.41, 5.74) is 10.1. The molecule has 0 saturated heterocycles. The Labute approximate surface area is 192 Å². The fourth-order valence-electron chi connectivity index (χ4n) is 4.11. The van der Waals surface area contributed by atoms with Crippen LogP contribution in [0.15, 0.2) is 36.4 Å². The molecule has 4 nitrogen and oxygen atoms in total. The highest BCUT2D eigenvalue weighted by molar-refractivity contribution is 6.02. The maximum absolute atomic E-state index is 13.4. The molecule has 2 amide bonds. The Balaban J connectivity index is 1.93. The van der Waals surface area contributed by atoms with Crippen LogP contribution in [0.2, 0.25) is 0 Å². The van der Waals surface area contributed by atoms with E-state index in [1.54, 1.807) is 0 Å². The summed E-state index contributed by atoms with van der Waals surface area (Å²) in [6.45, 7) is 13.9. The van der Waals surface area contributed by atoms with Gasteiger partial charge in [-0.3, -0.25) is 15.0 Å². The maximum Gasteiger partial charge on any atom is 0.272 e. The average Bonchev–Trinajstić information content (AvgIpc) is 3.53. The van der Waals surface area contributed by atoms with Crippen LogP contribution in [0.5, 0.6) is 0 Å². The van der Waals surface area contributed by atoms with Gasteiger partial charge in [0.05, 0.1) is 5.54 Å². The second-order valence-electron chi connectivity index (χ2n) is 9.79. The van der Waals surface area contributed by atoms with Crippen molar-refractivity contribution in [3.8, 4) is 0 Å². The summed E-state index contributed by atoms with van der Waals surface area (Å²) in [6, 6.07) is 9.71. The standard InChI is InChI=1S/C28H35N2O2/c1-8-9-10-21-13-14-24(20(4)25(21)22-11-12-22)26(31)29-30(28(5,6)7)27(32)23-16-18(2)15-19(3)17-23/h11-17H,8-10H2,1-7H3,(H,29,31). The number of carbonyl (C=O) groups excluding carboxylic acids is 2. The summed E-state index contributed by atoms with van der Waals surface area (Å²) in [5, 5.41) is 1.45. The summed E-state index contributed by atoms with van der Waals surface area (Å²) < 4.78 is 0. The number of carbonyl (C=O) groups is 2. The van der Waals surface area contributed by atoms with Crippen LogP contribution in [0.25, 0.3) is 5.57 Å². The van der Waals surface area contributed by atoms with Gasteiger partial charge in [-0.05, 0) is 94.8 Å². The van der Waals surface area contributed by atoms with E-state index in [-0.39, 0.29) is 11.8 Å². The van der Waals surface area contributed by atoms with Gasteiger partial charge < -0.3 is 0 Å². The number of hydrazine groups is 1. The molecule has 2 aromatic rings. The van der Waals surface area contributed by atoms with Crippen LogP contribution in [0, 0.1) is 27.2 Å². The Kier molecular flexibility index (Phi) is 6.92. The molecule has 0 atom stereocenters. The topological polar surface area (TPSA) is 49.4 Å². The lowest BCUT2D eigenvalue weighted by atomic mass is 9.92. The Morgan fingerprint density at radius 1 is 1.00 bits per heavy atom. The Hall–Kier alpha value is -2.88. The van der Waals surface area contributed by atoms with Crippen LogP contribution in [0.1, 0.15) is 89.1 Å². The van der Waals surface area contributed by atoms with Gasteiger partial charge in [-0.25, -0.2) is 5.01 Å². The number of unbranched alkanes of at least 4 members (excludes halogenated alkanes) is 1. The van der Waals surface area contributed by atoms with Crippen LogP contribution < -0.4 is 5.43 Å². The van der Waals surface area contributed by atoms with Crippen molar-refractivity contribution in [2.45, 2.75) is 73.3 Å². The normalized spacial score (nSPS) is 12.9. The third kappa shape index (κ3) is 5.29. The van der Waals surface area contributed by atoms with E-state index in [1.807, 2.05) is 65.8 Å². The predicted octanol–water partition coefficient (Wildman–Crippen LogP) is 6.14. The minimum Gasteiger partial charge on any atom is -0.267 e. The smallest absolute Gasteiger partial charge is 0.267 e. The summed E-state index contributed by atoms with van der Waals surface area (Å²) >= 11 is 0. The second-order valence-corrected chi connectivity index (χ2v) is 9.79. The Bertz CT molecular complexity index is 1050. The predicted molar refractivity (Wildman–Crippen MR) is 131 cm³/mol. The molecule has 0 spiro atoms. The third-order valence-electron chi connectivity index (χ3n) is 5.77. The van der Waals surface area contributed by atoms with Gasteiger partial charge in [0.2, 0.25) is 0 Å². The molecular weight excluding hydrogens is 396 g/mol. The number of rotatable bonds is 6. The average molecular weight is 432 g/mol. The first-order valence-electron chi connectivity index (χ1n) is 11.4. The number of aryl methyl sites for hydroxylation is 3. The van der Waals surface area contributed by atoms with E-state index >= 15 is 0 Å². The summed E-state index contributed by atoms with van der Waals surface area (Å²) in [4.78, 5) is 26.8. The first-order valence-corrected chi connectivity index (χ1v) is 11.4. The Morgan fingerprint density at radius 3 is 2.16 bits per heavy atom. The zero-order chi connectivity index (χ0) is 23.6. The molecule has 1 N–H and O–H groups in total. The van der Waals surface area contributed by atoms with Crippen molar-refractivity contribution in [2.24, 2.45) is 0 Å². The highest BCUT2D eigenvalue weighted by Gasteiger charge is 2.31. The van der Waals surface area contributed by atoms with E-state index in [4.69, 9.17) is 0 Å². The van der Waals surface area contributed by atoms with E-state index in [2.05, 4.69) is 30.9 Å². The zero-order valence-corrected chi connectivity index (χ0v) is 20.4. The summed E-state index contributed by atoms with van der Waals surface area (Å²) in [6.07, 6.45) is 7.42. The number of amides is 2. The Morgan fingerprint density at radius 2 is 1.62 bits per heavy atom. The largest absolute Gasteiger partial charge is 0.272 e. The zero-order valence-electron chi connectivity index (χ0n) is 20.4. The van der Waals surface area contributed by atoms with Crippen molar-refractivity contribution in [3.05, 3.63) is 81.8 Å². The molecule has 1 aliphatic rings. The van der Waals surface area contributed by atoms with Gasteiger partial charge in [0, 0.05) is 17.5 Å². The number of hydrogen-bond donors (Lipinski definition) is 1. The van der Waals surface area contributed by atoms with Crippen molar-refractivity contribution >= 4 is 17.4 Å². The minimum atomic E-state index is -0.588. The molecule has 3 rings (SSSR count). The van der Waals surface area contributed by atoms with Crippen LogP contribution in [-0.2, 0) is 6.42 Å². The monoisotopic (exact) mass is 431 g/mol. The quantitative estimate of drug-likeness (QED) is 0.558. The molecular formula is C28H35N2O2. The molecule has 0 fully saturated rings. The first-order chi connectivity index (χ1) is 15.0. The minimum absolute atomic E-state index is 0.215. The van der Waals surface area contributed by atoms with E-state index in [9.17, 15) is 9.59 Å². The van der Waals surface area contributed by atoms with E-state index < -0.39 is 5.54 Å². The molecule has 169 valence electrons. The lowest BCUT2D eigenvalue weighted by molar-refractivity contribution is 0.0358. The SMILES string of the molecule is CCCCc1ccc(C(=O)NN(C(=O)c2cc(C)cc(C)c2)C(C)(C)C)c(C)c1C1=C[CH]1. The molecule has 2 aromatic carbocycles. The van der Waals surface area contributed by atoms with Gasteiger partial charge in [0.25, 0.3) is 11.8 Å². The number of benzene rings is 2. The van der Waals surface area contributed by atoms with Crippen LogP contribution >= 0.6 is 0 Å². The number of allylic oxidation sites excluding steroid dienone is 2. The van der Waals surface area contributed by atoms with Crippen molar-refractivity contribution in [2.75, 3.05) is 0 Å². The highest BCUT2D eigenvalue weighted by Crippen LogP contribution is 2.36. The molecule has 0 heterocycles. The van der Waals surface area contributed by atoms with Crippen LogP contribution in [-0.4, -0.2) is 22.4 Å². The van der Waals surface area contributed by atoms with E-state index in [0.29, 0.717) is 11.1 Å². The van der Waals surface area contributed by atoms with Crippen molar-refractivity contribution in [3.63, 3.8) is 0 Å². The molecule has 0 aliphatic heterocycles. The number of nitrogens with zero attached hydrogens (tertiary/aromatic N) is 1. The molecule has 32 heavy (non-hydrogen) atoms. The van der Waals surface area contributed by atoms with Gasteiger partial charge in [-0.2, -0.15) is 0 Å². The van der Waals surface area contributed by atoms with Gasteiger partial charge in [0.15, 0.2) is 0 Å². The number of hydrogen-bond acceptors (Lipinski definition) is 2. The molecule has 0 bridgehead atoms. The third-order valence-corrected chi connectivity index (χ3v) is 5.77. The molecule has 0 unspecified atom stereocenters. The summed E-state index contributed by atoms with van der Waals surface area (Å²) in [5.74, 6) is -0.479. The molecule has 1 aliphatic carbocycles. The lowest BCUT2D eigenvalue weighted by Gasteiger charge is -2.36. The fraction of sp³-hybridized carbons (Fsp3) is 0.393. The molecule has 4 heteroatoms. The van der Waals surface area contributed by atoms with Crippen molar-refractivity contribution in [1.29, 1.82) is 0 Å². The number of nitrogens with one attached hydrogen (secondary N) is 1. The van der Waals surface area contributed by atoms with Crippen molar-refractivity contribution < 1.29 is 9.59 Å². The van der Waals surface area contributed by atoms with E-state index in [1.165, 1.54) is 16.1 Å². The molecule has 1 radical (unpaired) electrons. The second kappa shape index (κ2) is 9.32. The first kappa shape index (κ1) is 23.8. The highest BCUT2D eigenvalue weighted by atomic mass is 16.2. The van der Waals surface area contributed by atoms with Gasteiger partial charge in [0.1, 0.15) is 0 Å². The van der Waals surface area contributed by atoms with Gasteiger partial charge >= 0.3 is 0 Å².